The first kappa shape index (κ1) is 21.3. The van der Waals surface area contributed by atoms with Gasteiger partial charge in [-0.3, -0.25) is 10.2 Å². The third kappa shape index (κ3) is 6.54. The predicted molar refractivity (Wildman–Crippen MR) is 117 cm³/mol. The molecule has 2 aromatic rings. The molecule has 0 saturated carbocycles. The van der Waals surface area contributed by atoms with Gasteiger partial charge in [0.2, 0.25) is 0 Å². The lowest BCUT2D eigenvalue weighted by Crippen LogP contribution is -2.46. The number of nitrogens with zero attached hydrogens (tertiary/aromatic N) is 2. The maximum Gasteiger partial charge on any atom is 0.411 e. The number of nitrogens with one attached hydrogen (secondary N) is 1. The number of piperazine rings is 1. The second kappa shape index (κ2) is 10.9. The van der Waals surface area contributed by atoms with Crippen LogP contribution in [0, 0.1) is 0 Å². The molecule has 0 aromatic heterocycles. The minimum Gasteiger partial charge on any atom is -0.492 e. The van der Waals surface area contributed by atoms with E-state index in [1.54, 1.807) is 6.07 Å². The highest BCUT2D eigenvalue weighted by Crippen LogP contribution is 2.23. The summed E-state index contributed by atoms with van der Waals surface area (Å²) >= 11 is 5.96. The highest BCUT2D eigenvalue weighted by atomic mass is 35.5. The summed E-state index contributed by atoms with van der Waals surface area (Å²) in [4.78, 5) is 16.8. The minimum atomic E-state index is -0.454. The van der Waals surface area contributed by atoms with E-state index in [-0.39, 0.29) is 0 Å². The number of hydrogen-bond donors (Lipinski definition) is 1. The van der Waals surface area contributed by atoms with Crippen molar-refractivity contribution in [3.63, 3.8) is 0 Å². The molecule has 29 heavy (non-hydrogen) atoms. The van der Waals surface area contributed by atoms with Crippen LogP contribution < -0.4 is 15.0 Å². The molecule has 1 amide bonds. The predicted octanol–water partition coefficient (Wildman–Crippen LogP) is 4.50. The maximum atomic E-state index is 12.0. The number of anilines is 2. The van der Waals surface area contributed by atoms with Crippen molar-refractivity contribution in [1.29, 1.82) is 0 Å². The number of ether oxygens (including phenoxy) is 2. The Labute approximate surface area is 177 Å². The van der Waals surface area contributed by atoms with Gasteiger partial charge in [-0.25, -0.2) is 4.79 Å². The third-order valence-corrected chi connectivity index (χ3v) is 5.09. The van der Waals surface area contributed by atoms with Crippen LogP contribution in [0.3, 0.4) is 0 Å². The molecule has 6 nitrogen and oxygen atoms in total. The van der Waals surface area contributed by atoms with Gasteiger partial charge < -0.3 is 14.4 Å². The molecule has 1 aliphatic heterocycles. The number of rotatable bonds is 8. The maximum absolute atomic E-state index is 12.0. The second-order valence-corrected chi connectivity index (χ2v) is 7.29. The molecule has 1 N–H and O–H groups in total. The summed E-state index contributed by atoms with van der Waals surface area (Å²) in [5, 5.41) is 3.51. The summed E-state index contributed by atoms with van der Waals surface area (Å²) in [5.41, 5.74) is 1.83. The first-order chi connectivity index (χ1) is 14.2. The monoisotopic (exact) mass is 417 g/mol. The van der Waals surface area contributed by atoms with Gasteiger partial charge in [0.25, 0.3) is 0 Å². The van der Waals surface area contributed by atoms with Gasteiger partial charge in [-0.15, -0.1) is 0 Å². The molecule has 1 heterocycles. The van der Waals surface area contributed by atoms with Crippen molar-refractivity contribution in [2.24, 2.45) is 0 Å². The lowest BCUT2D eigenvalue weighted by Gasteiger charge is -2.36. The zero-order valence-corrected chi connectivity index (χ0v) is 17.5. The van der Waals surface area contributed by atoms with Crippen LogP contribution in [-0.4, -0.2) is 56.9 Å². The van der Waals surface area contributed by atoms with E-state index in [2.05, 4.69) is 27.2 Å². The topological polar surface area (TPSA) is 54.0 Å². The van der Waals surface area contributed by atoms with Crippen LogP contribution in [0.4, 0.5) is 16.2 Å². The van der Waals surface area contributed by atoms with Crippen molar-refractivity contribution >= 4 is 29.1 Å². The molecule has 0 bridgehead atoms. The first-order valence-corrected chi connectivity index (χ1v) is 10.4. The summed E-state index contributed by atoms with van der Waals surface area (Å²) in [6.45, 7) is 7.71. The number of carbonyl (C=O) groups excluding carboxylic acids is 1. The van der Waals surface area contributed by atoms with Crippen LogP contribution >= 0.6 is 11.6 Å². The van der Waals surface area contributed by atoms with Gasteiger partial charge >= 0.3 is 6.09 Å². The van der Waals surface area contributed by atoms with Crippen molar-refractivity contribution in [3.8, 4) is 5.75 Å². The summed E-state index contributed by atoms with van der Waals surface area (Å²) < 4.78 is 10.8. The highest BCUT2D eigenvalue weighted by molar-refractivity contribution is 6.30. The van der Waals surface area contributed by atoms with Crippen molar-refractivity contribution in [1.82, 2.24) is 4.90 Å². The van der Waals surface area contributed by atoms with Crippen molar-refractivity contribution in [2.75, 3.05) is 56.2 Å². The Hall–Kier alpha value is -2.44. The Bertz CT molecular complexity index is 777. The fourth-order valence-electron chi connectivity index (χ4n) is 3.33. The van der Waals surface area contributed by atoms with Crippen LogP contribution in [0.15, 0.2) is 48.5 Å². The number of halogens is 1. The van der Waals surface area contributed by atoms with E-state index in [4.69, 9.17) is 21.1 Å². The van der Waals surface area contributed by atoms with Gasteiger partial charge in [-0.2, -0.15) is 0 Å². The van der Waals surface area contributed by atoms with Gasteiger partial charge in [0.15, 0.2) is 0 Å². The lowest BCUT2D eigenvalue weighted by atomic mass is 10.2. The van der Waals surface area contributed by atoms with Gasteiger partial charge in [0, 0.05) is 43.4 Å². The number of benzene rings is 2. The third-order valence-electron chi connectivity index (χ3n) is 4.84. The van der Waals surface area contributed by atoms with E-state index in [0.717, 1.165) is 44.2 Å². The molecule has 0 aliphatic carbocycles. The van der Waals surface area contributed by atoms with E-state index in [0.29, 0.717) is 24.7 Å². The van der Waals surface area contributed by atoms with E-state index in [1.807, 2.05) is 37.3 Å². The molecule has 0 radical (unpaired) electrons. The number of carbonyl (C=O) groups is 1. The lowest BCUT2D eigenvalue weighted by molar-refractivity contribution is 0.151. The number of amides is 1. The molecule has 0 unspecified atom stereocenters. The Morgan fingerprint density at radius 1 is 1.07 bits per heavy atom. The van der Waals surface area contributed by atoms with Crippen molar-refractivity contribution < 1.29 is 14.3 Å². The van der Waals surface area contributed by atoms with Crippen molar-refractivity contribution in [3.05, 3.63) is 53.6 Å². The molecule has 1 aliphatic rings. The molecule has 1 fully saturated rings. The second-order valence-electron chi connectivity index (χ2n) is 6.85. The Morgan fingerprint density at radius 2 is 1.79 bits per heavy atom. The Kier molecular flexibility index (Phi) is 8.02. The largest absolute Gasteiger partial charge is 0.492 e. The van der Waals surface area contributed by atoms with Gasteiger partial charge in [0.05, 0.1) is 18.9 Å². The molecular formula is C22H28ClN3O3. The molecular weight excluding hydrogens is 390 g/mol. The number of hydrogen-bond acceptors (Lipinski definition) is 5. The van der Waals surface area contributed by atoms with Gasteiger partial charge in [0.1, 0.15) is 5.75 Å². The van der Waals surface area contributed by atoms with Crippen LogP contribution in [0.25, 0.3) is 0 Å². The zero-order chi connectivity index (χ0) is 20.5. The van der Waals surface area contributed by atoms with Crippen LogP contribution in [0.1, 0.15) is 13.3 Å². The van der Waals surface area contributed by atoms with Crippen LogP contribution in [0.5, 0.6) is 5.75 Å². The number of para-hydroxylation sites is 2. The van der Waals surface area contributed by atoms with E-state index in [1.165, 1.54) is 5.69 Å². The molecule has 0 atom stereocenters. The molecule has 1 saturated heterocycles. The van der Waals surface area contributed by atoms with Crippen LogP contribution in [0.2, 0.25) is 5.02 Å². The highest BCUT2D eigenvalue weighted by Gasteiger charge is 2.17. The summed E-state index contributed by atoms with van der Waals surface area (Å²) in [5.74, 6) is 0.644. The quantitative estimate of drug-likeness (QED) is 0.641. The fourth-order valence-corrected chi connectivity index (χ4v) is 3.46. The molecule has 156 valence electrons. The van der Waals surface area contributed by atoms with E-state index >= 15 is 0 Å². The molecule has 0 spiro atoms. The summed E-state index contributed by atoms with van der Waals surface area (Å²) in [6.07, 6.45) is 0.353. The average Bonchev–Trinajstić information content (AvgIpc) is 2.74. The van der Waals surface area contributed by atoms with E-state index in [9.17, 15) is 4.79 Å². The summed E-state index contributed by atoms with van der Waals surface area (Å²) in [7, 11) is 0. The Morgan fingerprint density at radius 3 is 2.52 bits per heavy atom. The first-order valence-electron chi connectivity index (χ1n) is 10.0. The van der Waals surface area contributed by atoms with Crippen molar-refractivity contribution in [2.45, 2.75) is 13.3 Å². The molecule has 2 aromatic carbocycles. The van der Waals surface area contributed by atoms with Gasteiger partial charge in [-0.1, -0.05) is 23.7 Å². The Balaban J connectivity index is 1.33. The van der Waals surface area contributed by atoms with Gasteiger partial charge in [-0.05, 0) is 49.7 Å². The SMILES string of the molecule is CCOc1ccccc1NC(=O)OCCCN1CCN(c2ccc(Cl)cc2)CC1. The standard InChI is InChI=1S/C22H28ClN3O3/c1-2-28-21-7-4-3-6-20(21)24-22(27)29-17-5-12-25-13-15-26(16-14-25)19-10-8-18(23)9-11-19/h3-4,6-11H,2,5,12-17H2,1H3,(H,24,27). The van der Waals surface area contributed by atoms with E-state index < -0.39 is 6.09 Å². The smallest absolute Gasteiger partial charge is 0.411 e. The molecule has 3 rings (SSSR count). The average molecular weight is 418 g/mol. The molecule has 7 heteroatoms. The summed E-state index contributed by atoms with van der Waals surface area (Å²) in [6, 6.07) is 15.3. The normalized spacial score (nSPS) is 14.5. The minimum absolute atomic E-state index is 0.389. The zero-order valence-electron chi connectivity index (χ0n) is 16.8. The van der Waals surface area contributed by atoms with Crippen LogP contribution in [-0.2, 0) is 4.74 Å². The fraction of sp³-hybridized carbons (Fsp3) is 0.409.